The van der Waals surface area contributed by atoms with Crippen molar-refractivity contribution in [3.05, 3.63) is 28.8 Å². The minimum atomic E-state index is -0.0180. The third kappa shape index (κ3) is 4.61. The predicted octanol–water partition coefficient (Wildman–Crippen LogP) is 3.60. The predicted molar refractivity (Wildman–Crippen MR) is 88.1 cm³/mol. The van der Waals surface area contributed by atoms with Gasteiger partial charge in [-0.3, -0.25) is 4.90 Å². The molecule has 0 spiro atoms. The van der Waals surface area contributed by atoms with E-state index in [4.69, 9.17) is 11.6 Å². The highest BCUT2D eigenvalue weighted by Crippen LogP contribution is 2.20. The second kappa shape index (κ2) is 7.66. The molecule has 1 aliphatic heterocycles. The van der Waals surface area contributed by atoms with Gasteiger partial charge in [-0.1, -0.05) is 24.9 Å². The molecule has 1 aliphatic rings. The van der Waals surface area contributed by atoms with Gasteiger partial charge in [-0.05, 0) is 43.7 Å². The van der Waals surface area contributed by atoms with Crippen LogP contribution in [0.4, 0.5) is 10.5 Å². The number of amides is 2. The van der Waals surface area contributed by atoms with Crippen molar-refractivity contribution in [3.63, 3.8) is 0 Å². The number of carbonyl (C=O) groups is 1. The Kier molecular flexibility index (Phi) is 5.88. The summed E-state index contributed by atoms with van der Waals surface area (Å²) in [5, 5.41) is 3.66. The number of nitrogens with one attached hydrogen (secondary N) is 1. The Balaban J connectivity index is 1.84. The van der Waals surface area contributed by atoms with E-state index in [0.29, 0.717) is 5.02 Å². The van der Waals surface area contributed by atoms with Crippen LogP contribution >= 0.6 is 11.6 Å². The molecule has 1 heterocycles. The number of rotatable bonds is 4. The number of urea groups is 1. The van der Waals surface area contributed by atoms with Crippen molar-refractivity contribution in [2.75, 3.05) is 38.0 Å². The van der Waals surface area contributed by atoms with Crippen molar-refractivity contribution >= 4 is 23.3 Å². The monoisotopic (exact) mass is 309 g/mol. The second-order valence-corrected chi connectivity index (χ2v) is 6.01. The van der Waals surface area contributed by atoms with Gasteiger partial charge < -0.3 is 10.2 Å². The summed E-state index contributed by atoms with van der Waals surface area (Å²) in [7, 11) is 0. The van der Waals surface area contributed by atoms with E-state index in [2.05, 4.69) is 17.1 Å². The summed E-state index contributed by atoms with van der Waals surface area (Å²) in [5.74, 6) is 0. The fourth-order valence-electron chi connectivity index (χ4n) is 2.52. The molecule has 116 valence electrons. The summed E-state index contributed by atoms with van der Waals surface area (Å²) in [6, 6.07) is 5.50. The van der Waals surface area contributed by atoms with Crippen LogP contribution < -0.4 is 5.32 Å². The Morgan fingerprint density at radius 3 is 2.62 bits per heavy atom. The average molecular weight is 310 g/mol. The first-order valence-corrected chi connectivity index (χ1v) is 8.02. The van der Waals surface area contributed by atoms with Crippen LogP contribution in [0.15, 0.2) is 18.2 Å². The molecule has 2 amide bonds. The van der Waals surface area contributed by atoms with E-state index in [1.54, 1.807) is 6.07 Å². The van der Waals surface area contributed by atoms with Gasteiger partial charge in [-0.2, -0.15) is 0 Å². The number of hydrogen-bond donors (Lipinski definition) is 1. The van der Waals surface area contributed by atoms with Crippen LogP contribution in [0.25, 0.3) is 0 Å². The van der Waals surface area contributed by atoms with Crippen LogP contribution in [0.1, 0.15) is 25.3 Å². The van der Waals surface area contributed by atoms with Gasteiger partial charge in [-0.15, -0.1) is 0 Å². The topological polar surface area (TPSA) is 35.6 Å². The molecule has 0 aliphatic carbocycles. The number of piperazine rings is 1. The normalized spacial score (nSPS) is 16.0. The molecule has 1 saturated heterocycles. The fraction of sp³-hybridized carbons (Fsp3) is 0.562. The molecule has 21 heavy (non-hydrogen) atoms. The number of halogens is 1. The highest BCUT2D eigenvalue weighted by Gasteiger charge is 2.20. The molecule has 5 heteroatoms. The molecule has 1 N–H and O–H groups in total. The maximum Gasteiger partial charge on any atom is 0.321 e. The minimum Gasteiger partial charge on any atom is -0.322 e. The SMILES string of the molecule is CCCCN1CCN(C(=O)Nc2ccc(Cl)cc2C)CC1. The van der Waals surface area contributed by atoms with Crippen LogP contribution in [0.2, 0.25) is 5.02 Å². The molecule has 0 unspecified atom stereocenters. The third-order valence-electron chi connectivity index (χ3n) is 3.92. The zero-order valence-corrected chi connectivity index (χ0v) is 13.6. The van der Waals surface area contributed by atoms with E-state index in [1.165, 1.54) is 12.8 Å². The Bertz CT molecular complexity index is 484. The van der Waals surface area contributed by atoms with Gasteiger partial charge in [-0.25, -0.2) is 4.79 Å². The van der Waals surface area contributed by atoms with Crippen LogP contribution in [0, 0.1) is 6.92 Å². The molecule has 1 fully saturated rings. The lowest BCUT2D eigenvalue weighted by molar-refractivity contribution is 0.146. The molecule has 0 atom stereocenters. The van der Waals surface area contributed by atoms with E-state index >= 15 is 0 Å². The van der Waals surface area contributed by atoms with Gasteiger partial charge in [0.05, 0.1) is 0 Å². The zero-order valence-electron chi connectivity index (χ0n) is 12.9. The van der Waals surface area contributed by atoms with Gasteiger partial charge >= 0.3 is 6.03 Å². The number of anilines is 1. The van der Waals surface area contributed by atoms with Gasteiger partial charge in [0.2, 0.25) is 0 Å². The number of aryl methyl sites for hydroxylation is 1. The molecule has 1 aromatic rings. The molecule has 0 saturated carbocycles. The highest BCUT2D eigenvalue weighted by molar-refractivity contribution is 6.30. The zero-order chi connectivity index (χ0) is 15.2. The molecule has 2 rings (SSSR count). The van der Waals surface area contributed by atoms with Crippen LogP contribution in [-0.4, -0.2) is 48.6 Å². The number of nitrogens with zero attached hydrogens (tertiary/aromatic N) is 2. The van der Waals surface area contributed by atoms with Crippen molar-refractivity contribution in [1.82, 2.24) is 9.80 Å². The summed E-state index contributed by atoms with van der Waals surface area (Å²) < 4.78 is 0. The van der Waals surface area contributed by atoms with Gasteiger partial charge in [0.25, 0.3) is 0 Å². The number of hydrogen-bond acceptors (Lipinski definition) is 2. The Morgan fingerprint density at radius 2 is 2.00 bits per heavy atom. The highest BCUT2D eigenvalue weighted by atomic mass is 35.5. The molecule has 0 aromatic heterocycles. The van der Waals surface area contributed by atoms with Crippen molar-refractivity contribution < 1.29 is 4.79 Å². The van der Waals surface area contributed by atoms with E-state index in [1.807, 2.05) is 24.0 Å². The Hall–Kier alpha value is -1.26. The Labute approximate surface area is 132 Å². The van der Waals surface area contributed by atoms with Crippen molar-refractivity contribution in [2.24, 2.45) is 0 Å². The van der Waals surface area contributed by atoms with Crippen LogP contribution in [-0.2, 0) is 0 Å². The molecule has 0 radical (unpaired) electrons. The molecule has 0 bridgehead atoms. The van der Waals surface area contributed by atoms with Gasteiger partial charge in [0.1, 0.15) is 0 Å². The van der Waals surface area contributed by atoms with Crippen molar-refractivity contribution in [2.45, 2.75) is 26.7 Å². The van der Waals surface area contributed by atoms with Crippen LogP contribution in [0.3, 0.4) is 0 Å². The number of carbonyl (C=O) groups excluding carboxylic acids is 1. The minimum absolute atomic E-state index is 0.0180. The number of benzene rings is 1. The van der Waals surface area contributed by atoms with E-state index < -0.39 is 0 Å². The lowest BCUT2D eigenvalue weighted by atomic mass is 10.2. The summed E-state index contributed by atoms with van der Waals surface area (Å²) in [6.45, 7) is 8.81. The van der Waals surface area contributed by atoms with Gasteiger partial charge in [0.15, 0.2) is 0 Å². The molecular weight excluding hydrogens is 286 g/mol. The maximum absolute atomic E-state index is 12.3. The fourth-order valence-corrected chi connectivity index (χ4v) is 2.74. The largest absolute Gasteiger partial charge is 0.322 e. The quantitative estimate of drug-likeness (QED) is 0.922. The van der Waals surface area contributed by atoms with E-state index in [9.17, 15) is 4.79 Å². The molecule has 4 nitrogen and oxygen atoms in total. The molecular formula is C16H24ClN3O. The van der Waals surface area contributed by atoms with E-state index in [0.717, 1.165) is 44.0 Å². The second-order valence-electron chi connectivity index (χ2n) is 5.57. The summed E-state index contributed by atoms with van der Waals surface area (Å²) >= 11 is 5.93. The third-order valence-corrected chi connectivity index (χ3v) is 4.15. The van der Waals surface area contributed by atoms with Gasteiger partial charge in [0, 0.05) is 36.9 Å². The lowest BCUT2D eigenvalue weighted by Gasteiger charge is -2.34. The Morgan fingerprint density at radius 1 is 1.29 bits per heavy atom. The standard InChI is InChI=1S/C16H24ClN3O/c1-3-4-7-19-8-10-20(11-9-19)16(21)18-15-6-5-14(17)12-13(15)2/h5-6,12H,3-4,7-11H2,1-2H3,(H,18,21). The smallest absolute Gasteiger partial charge is 0.321 e. The first kappa shape index (κ1) is 16.1. The summed E-state index contributed by atoms with van der Waals surface area (Å²) in [4.78, 5) is 16.6. The van der Waals surface area contributed by atoms with Crippen molar-refractivity contribution in [1.29, 1.82) is 0 Å². The number of unbranched alkanes of at least 4 members (excludes halogenated alkanes) is 1. The summed E-state index contributed by atoms with van der Waals surface area (Å²) in [6.07, 6.45) is 2.45. The summed E-state index contributed by atoms with van der Waals surface area (Å²) in [5.41, 5.74) is 1.82. The van der Waals surface area contributed by atoms with Crippen molar-refractivity contribution in [3.8, 4) is 0 Å². The maximum atomic E-state index is 12.3. The average Bonchev–Trinajstić information content (AvgIpc) is 2.48. The van der Waals surface area contributed by atoms with E-state index in [-0.39, 0.29) is 6.03 Å². The first-order chi connectivity index (χ1) is 10.1. The lowest BCUT2D eigenvalue weighted by Crippen LogP contribution is -2.50. The molecule has 1 aromatic carbocycles. The first-order valence-electron chi connectivity index (χ1n) is 7.64. The van der Waals surface area contributed by atoms with Crippen LogP contribution in [0.5, 0.6) is 0 Å².